The molecule has 2 heterocycles. The molecule has 0 N–H and O–H groups in total. The lowest BCUT2D eigenvalue weighted by Crippen LogP contribution is -2.32. The van der Waals surface area contributed by atoms with Gasteiger partial charge in [0.15, 0.2) is 0 Å². The number of hydrogen-bond acceptors (Lipinski definition) is 5. The van der Waals surface area contributed by atoms with Crippen LogP contribution in [-0.4, -0.2) is 33.3 Å². The number of aryl methyl sites for hydroxylation is 1. The molecule has 0 atom stereocenters. The first kappa shape index (κ1) is 13.6. The van der Waals surface area contributed by atoms with E-state index in [0.29, 0.717) is 5.84 Å². The molecule has 21 heavy (non-hydrogen) atoms. The highest BCUT2D eigenvalue weighted by Crippen LogP contribution is 2.33. The van der Waals surface area contributed by atoms with E-state index in [1.54, 1.807) is 11.0 Å². The maximum absolute atomic E-state index is 6.06. The summed E-state index contributed by atoms with van der Waals surface area (Å²) >= 11 is 0. The first-order valence-corrected chi connectivity index (χ1v) is 6.87. The van der Waals surface area contributed by atoms with Gasteiger partial charge in [0.1, 0.15) is 31.1 Å². The SMILES string of the molecule is CO/N=C(/c1ccc2c(c1)OC(C)(C)CC2)n1cncn1. The number of oxime groups is 1. The molecule has 0 fully saturated rings. The minimum Gasteiger partial charge on any atom is -0.488 e. The van der Waals surface area contributed by atoms with Gasteiger partial charge < -0.3 is 9.57 Å². The highest BCUT2D eigenvalue weighted by Gasteiger charge is 2.27. The van der Waals surface area contributed by atoms with Gasteiger partial charge in [0.25, 0.3) is 0 Å². The van der Waals surface area contributed by atoms with Gasteiger partial charge in [-0.05, 0) is 38.3 Å². The summed E-state index contributed by atoms with van der Waals surface area (Å²) in [7, 11) is 1.51. The van der Waals surface area contributed by atoms with Crippen LogP contribution in [0.2, 0.25) is 0 Å². The summed E-state index contributed by atoms with van der Waals surface area (Å²) in [5, 5.41) is 8.15. The molecular weight excluding hydrogens is 268 g/mol. The Morgan fingerprint density at radius 3 is 3.00 bits per heavy atom. The number of nitrogens with zero attached hydrogens (tertiary/aromatic N) is 4. The standard InChI is InChI=1S/C15H18N4O2/c1-15(2)7-6-11-4-5-12(8-13(11)21-15)14(18-20-3)19-10-16-9-17-19/h4-5,8-10H,6-7H2,1-3H3/b18-14-. The van der Waals surface area contributed by atoms with Gasteiger partial charge in [-0.15, -0.1) is 0 Å². The molecule has 0 unspecified atom stereocenters. The minimum absolute atomic E-state index is 0.141. The van der Waals surface area contributed by atoms with Crippen LogP contribution in [0.4, 0.5) is 0 Å². The molecule has 1 aromatic heterocycles. The van der Waals surface area contributed by atoms with E-state index in [9.17, 15) is 0 Å². The number of ether oxygens (including phenoxy) is 1. The molecule has 110 valence electrons. The molecule has 0 saturated carbocycles. The van der Waals surface area contributed by atoms with E-state index in [1.807, 2.05) is 12.1 Å². The van der Waals surface area contributed by atoms with Crippen LogP contribution in [0.15, 0.2) is 36.0 Å². The summed E-state index contributed by atoms with van der Waals surface area (Å²) in [6.07, 6.45) is 5.08. The van der Waals surface area contributed by atoms with Crippen molar-refractivity contribution in [1.29, 1.82) is 0 Å². The van der Waals surface area contributed by atoms with Gasteiger partial charge in [0, 0.05) is 5.56 Å². The number of hydrogen-bond donors (Lipinski definition) is 0. The second-order valence-corrected chi connectivity index (χ2v) is 5.62. The predicted molar refractivity (Wildman–Crippen MR) is 78.4 cm³/mol. The Balaban J connectivity index is 2.01. The number of fused-ring (bicyclic) bond motifs is 1. The van der Waals surface area contributed by atoms with Crippen LogP contribution in [0.3, 0.4) is 0 Å². The summed E-state index contributed by atoms with van der Waals surface area (Å²) < 4.78 is 7.63. The van der Waals surface area contributed by atoms with Crippen molar-refractivity contribution >= 4 is 5.84 Å². The first-order valence-electron chi connectivity index (χ1n) is 6.87. The minimum atomic E-state index is -0.141. The van der Waals surface area contributed by atoms with E-state index in [0.717, 1.165) is 24.2 Å². The average Bonchev–Trinajstić information content (AvgIpc) is 2.97. The largest absolute Gasteiger partial charge is 0.488 e. The molecule has 2 aromatic rings. The Morgan fingerprint density at radius 2 is 2.29 bits per heavy atom. The van der Waals surface area contributed by atoms with Crippen LogP contribution in [0, 0.1) is 0 Å². The summed E-state index contributed by atoms with van der Waals surface area (Å²) in [5.41, 5.74) is 1.95. The Labute approximate surface area is 123 Å². The van der Waals surface area contributed by atoms with Gasteiger partial charge in [0.2, 0.25) is 5.84 Å². The number of benzene rings is 1. The molecule has 0 radical (unpaired) electrons. The van der Waals surface area contributed by atoms with Crippen molar-refractivity contribution in [2.45, 2.75) is 32.3 Å². The highest BCUT2D eigenvalue weighted by molar-refractivity contribution is 5.99. The molecule has 6 nitrogen and oxygen atoms in total. The quantitative estimate of drug-likeness (QED) is 0.482. The van der Waals surface area contributed by atoms with Crippen molar-refractivity contribution in [2.75, 3.05) is 7.11 Å². The van der Waals surface area contributed by atoms with Gasteiger partial charge >= 0.3 is 0 Å². The van der Waals surface area contributed by atoms with Gasteiger partial charge in [-0.25, -0.2) is 4.98 Å². The van der Waals surface area contributed by atoms with Crippen LogP contribution in [-0.2, 0) is 11.3 Å². The fourth-order valence-corrected chi connectivity index (χ4v) is 2.41. The average molecular weight is 286 g/mol. The van der Waals surface area contributed by atoms with Crippen molar-refractivity contribution in [3.05, 3.63) is 42.0 Å². The van der Waals surface area contributed by atoms with E-state index in [4.69, 9.17) is 9.57 Å². The lowest BCUT2D eigenvalue weighted by atomic mass is 9.93. The lowest BCUT2D eigenvalue weighted by molar-refractivity contribution is 0.0847. The van der Waals surface area contributed by atoms with Gasteiger partial charge in [-0.3, -0.25) is 0 Å². The van der Waals surface area contributed by atoms with E-state index >= 15 is 0 Å². The second-order valence-electron chi connectivity index (χ2n) is 5.62. The third-order valence-corrected chi connectivity index (χ3v) is 3.52. The van der Waals surface area contributed by atoms with Crippen LogP contribution in [0.1, 0.15) is 31.4 Å². The Morgan fingerprint density at radius 1 is 1.43 bits per heavy atom. The summed E-state index contributed by atoms with van der Waals surface area (Å²) in [6.45, 7) is 4.20. The van der Waals surface area contributed by atoms with Crippen molar-refractivity contribution in [2.24, 2.45) is 5.16 Å². The fraction of sp³-hybridized carbons (Fsp3) is 0.400. The molecule has 0 spiro atoms. The number of aromatic nitrogens is 3. The van der Waals surface area contributed by atoms with Crippen molar-refractivity contribution in [1.82, 2.24) is 14.8 Å². The van der Waals surface area contributed by atoms with Crippen LogP contribution >= 0.6 is 0 Å². The molecule has 1 aromatic carbocycles. The zero-order valence-corrected chi connectivity index (χ0v) is 12.4. The van der Waals surface area contributed by atoms with E-state index in [2.05, 4.69) is 35.2 Å². The van der Waals surface area contributed by atoms with E-state index in [1.165, 1.54) is 19.0 Å². The lowest BCUT2D eigenvalue weighted by Gasteiger charge is -2.32. The predicted octanol–water partition coefficient (Wildman–Crippen LogP) is 2.24. The second kappa shape index (κ2) is 5.20. The molecular formula is C15H18N4O2. The molecule has 3 rings (SSSR count). The van der Waals surface area contributed by atoms with Crippen LogP contribution in [0.25, 0.3) is 0 Å². The summed E-state index contributed by atoms with van der Waals surface area (Å²) in [5.74, 6) is 1.47. The third kappa shape index (κ3) is 2.74. The third-order valence-electron chi connectivity index (χ3n) is 3.52. The zero-order valence-electron chi connectivity index (χ0n) is 12.4. The van der Waals surface area contributed by atoms with Crippen LogP contribution < -0.4 is 4.74 Å². The summed E-state index contributed by atoms with van der Waals surface area (Å²) in [4.78, 5) is 8.87. The molecule has 1 aliphatic rings. The van der Waals surface area contributed by atoms with Gasteiger partial charge in [-0.2, -0.15) is 9.78 Å². The Hall–Kier alpha value is -2.37. The molecule has 6 heteroatoms. The Kier molecular flexibility index (Phi) is 3.37. The van der Waals surface area contributed by atoms with Gasteiger partial charge in [0.05, 0.1) is 0 Å². The summed E-state index contributed by atoms with van der Waals surface area (Å²) in [6, 6.07) is 6.05. The fourth-order valence-electron chi connectivity index (χ4n) is 2.41. The number of rotatable bonds is 2. The normalized spacial score (nSPS) is 17.0. The Bertz CT molecular complexity index is 662. The maximum Gasteiger partial charge on any atom is 0.201 e. The van der Waals surface area contributed by atoms with Crippen molar-refractivity contribution < 1.29 is 9.57 Å². The van der Waals surface area contributed by atoms with Gasteiger partial charge in [-0.1, -0.05) is 17.3 Å². The zero-order chi connectivity index (χ0) is 14.9. The molecule has 0 saturated heterocycles. The highest BCUT2D eigenvalue weighted by atomic mass is 16.6. The maximum atomic E-state index is 6.06. The smallest absolute Gasteiger partial charge is 0.201 e. The first-order chi connectivity index (χ1) is 10.1. The molecule has 1 aliphatic heterocycles. The van der Waals surface area contributed by atoms with Crippen molar-refractivity contribution in [3.8, 4) is 5.75 Å². The molecule has 0 amide bonds. The topological polar surface area (TPSA) is 61.5 Å². The molecule has 0 bridgehead atoms. The molecule has 0 aliphatic carbocycles. The van der Waals surface area contributed by atoms with Crippen molar-refractivity contribution in [3.63, 3.8) is 0 Å². The van der Waals surface area contributed by atoms with E-state index < -0.39 is 0 Å². The van der Waals surface area contributed by atoms with E-state index in [-0.39, 0.29) is 5.60 Å². The monoisotopic (exact) mass is 286 g/mol. The van der Waals surface area contributed by atoms with Crippen LogP contribution in [0.5, 0.6) is 5.75 Å².